The van der Waals surface area contributed by atoms with E-state index in [9.17, 15) is 9.59 Å². The molecule has 0 aromatic carbocycles. The van der Waals surface area contributed by atoms with E-state index in [2.05, 4.69) is 30.7 Å². The summed E-state index contributed by atoms with van der Waals surface area (Å²) in [4.78, 5) is 39.4. The van der Waals surface area contributed by atoms with Gasteiger partial charge in [0.25, 0.3) is 5.56 Å². The smallest absolute Gasteiger partial charge is 0.259 e. The predicted molar refractivity (Wildman–Crippen MR) is 122 cm³/mol. The minimum absolute atomic E-state index is 0.00956. The van der Waals surface area contributed by atoms with Crippen molar-refractivity contribution >= 4 is 27.5 Å². The minimum Gasteiger partial charge on any atom is -0.340 e. The number of aryl methyl sites for hydroxylation is 1. The number of hydrogen-bond acceptors (Lipinski definition) is 5. The zero-order valence-corrected chi connectivity index (χ0v) is 19.7. The Morgan fingerprint density at radius 2 is 1.93 bits per heavy atom. The lowest BCUT2D eigenvalue weighted by Crippen LogP contribution is -2.49. The lowest BCUT2D eigenvalue weighted by Gasteiger charge is -2.35. The fourth-order valence-corrected chi connectivity index (χ4v) is 6.06. The lowest BCUT2D eigenvalue weighted by molar-refractivity contribution is -0.136. The number of H-pyrrole nitrogens is 1. The highest BCUT2D eigenvalue weighted by Crippen LogP contribution is 2.41. The first-order valence-electron chi connectivity index (χ1n) is 11.2. The largest absolute Gasteiger partial charge is 0.340 e. The number of nitrogens with zero attached hydrogens (tertiary/aromatic N) is 3. The summed E-state index contributed by atoms with van der Waals surface area (Å²) in [5.41, 5.74) is 1.53. The first kappa shape index (κ1) is 21.5. The second-order valence-electron chi connectivity index (χ2n) is 10.3. The van der Waals surface area contributed by atoms with E-state index in [-0.39, 0.29) is 22.8 Å². The van der Waals surface area contributed by atoms with Crippen LogP contribution in [0.2, 0.25) is 0 Å². The molecule has 1 aliphatic heterocycles. The molecule has 0 radical (unpaired) electrons. The monoisotopic (exact) mass is 430 g/mol. The number of aromatic amines is 1. The van der Waals surface area contributed by atoms with Crippen LogP contribution in [0, 0.1) is 17.3 Å². The highest BCUT2D eigenvalue weighted by Gasteiger charge is 2.32. The Balaban J connectivity index is 1.50. The number of carbonyl (C=O) groups excluding carboxylic acids is 1. The number of fused-ring (bicyclic) bond motifs is 3. The van der Waals surface area contributed by atoms with Crippen LogP contribution in [0.4, 0.5) is 0 Å². The molecule has 1 aliphatic carbocycles. The molecule has 0 unspecified atom stereocenters. The summed E-state index contributed by atoms with van der Waals surface area (Å²) >= 11 is 1.71. The standard InChI is InChI=1S/C23H34N4O2S/c1-14(2)22(29)27-10-8-26(9-11-27)13-18-24-20(28)19-16-7-6-15(23(3,4)5)12-17(16)30-21(19)25-18/h14-15H,6-13H2,1-5H3,(H,24,25,28)/t15-/m0/s1. The molecule has 1 fully saturated rings. The van der Waals surface area contributed by atoms with Gasteiger partial charge in [0, 0.05) is 37.0 Å². The Hall–Kier alpha value is -1.73. The topological polar surface area (TPSA) is 69.3 Å². The molecule has 1 N–H and O–H groups in total. The molecule has 0 saturated carbocycles. The van der Waals surface area contributed by atoms with Crippen LogP contribution in [-0.4, -0.2) is 51.9 Å². The summed E-state index contributed by atoms with van der Waals surface area (Å²) in [6.45, 7) is 14.6. The SMILES string of the molecule is CC(C)C(=O)N1CCN(Cc2nc3sc4c(c3c(=O)[nH]2)CC[C@H](C(C)(C)C)C4)CC1. The minimum atomic E-state index is 0.00956. The molecule has 3 heterocycles. The number of aromatic nitrogens is 2. The zero-order chi connectivity index (χ0) is 21.6. The van der Waals surface area contributed by atoms with Gasteiger partial charge in [-0.05, 0) is 36.2 Å². The van der Waals surface area contributed by atoms with Crippen LogP contribution < -0.4 is 5.56 Å². The summed E-state index contributed by atoms with van der Waals surface area (Å²) in [5, 5.41) is 0.818. The van der Waals surface area contributed by atoms with Gasteiger partial charge in [-0.2, -0.15) is 0 Å². The van der Waals surface area contributed by atoms with Crippen LogP contribution in [0.25, 0.3) is 10.2 Å². The van der Waals surface area contributed by atoms with Crippen molar-refractivity contribution in [1.29, 1.82) is 0 Å². The number of hydrogen-bond donors (Lipinski definition) is 1. The molecule has 7 heteroatoms. The number of amides is 1. The lowest BCUT2D eigenvalue weighted by atomic mass is 9.72. The summed E-state index contributed by atoms with van der Waals surface area (Å²) in [6, 6.07) is 0. The van der Waals surface area contributed by atoms with Crippen molar-refractivity contribution in [2.45, 2.75) is 60.4 Å². The fourth-order valence-electron chi connectivity index (χ4n) is 4.75. The molecule has 2 aliphatic rings. The normalized spacial score (nSPS) is 20.7. The summed E-state index contributed by atoms with van der Waals surface area (Å²) in [6.07, 6.45) is 3.18. The highest BCUT2D eigenvalue weighted by molar-refractivity contribution is 7.18. The quantitative estimate of drug-likeness (QED) is 0.810. The Morgan fingerprint density at radius 3 is 2.57 bits per heavy atom. The van der Waals surface area contributed by atoms with E-state index in [0.717, 1.165) is 61.5 Å². The maximum atomic E-state index is 12.9. The van der Waals surface area contributed by atoms with Crippen LogP contribution in [0.1, 0.15) is 57.3 Å². The van der Waals surface area contributed by atoms with Crippen molar-refractivity contribution in [3.63, 3.8) is 0 Å². The number of thiophene rings is 1. The molecular formula is C23H34N4O2S. The molecule has 30 heavy (non-hydrogen) atoms. The maximum absolute atomic E-state index is 12.9. The molecular weight excluding hydrogens is 396 g/mol. The van der Waals surface area contributed by atoms with Crippen LogP contribution in [-0.2, 0) is 24.2 Å². The number of rotatable bonds is 3. The van der Waals surface area contributed by atoms with Gasteiger partial charge in [0.2, 0.25) is 5.91 Å². The van der Waals surface area contributed by atoms with E-state index in [4.69, 9.17) is 4.98 Å². The van der Waals surface area contributed by atoms with Crippen LogP contribution in [0.3, 0.4) is 0 Å². The third-order valence-corrected chi connectivity index (χ3v) is 7.89. The fraction of sp³-hybridized carbons (Fsp3) is 0.696. The molecule has 2 aromatic heterocycles. The summed E-state index contributed by atoms with van der Waals surface area (Å²) in [7, 11) is 0. The van der Waals surface area contributed by atoms with Gasteiger partial charge in [-0.1, -0.05) is 34.6 Å². The second-order valence-corrected chi connectivity index (χ2v) is 11.3. The Kier molecular flexibility index (Phi) is 5.79. The predicted octanol–water partition coefficient (Wildman–Crippen LogP) is 3.44. The Bertz CT molecular complexity index is 993. The van der Waals surface area contributed by atoms with Gasteiger partial charge in [0.05, 0.1) is 11.9 Å². The van der Waals surface area contributed by atoms with Gasteiger partial charge >= 0.3 is 0 Å². The van der Waals surface area contributed by atoms with Crippen LogP contribution in [0.5, 0.6) is 0 Å². The van der Waals surface area contributed by atoms with Gasteiger partial charge in [-0.15, -0.1) is 11.3 Å². The summed E-state index contributed by atoms with van der Waals surface area (Å²) in [5.74, 6) is 1.66. The number of carbonyl (C=O) groups is 1. The van der Waals surface area contributed by atoms with Gasteiger partial charge < -0.3 is 9.88 Å². The van der Waals surface area contributed by atoms with E-state index >= 15 is 0 Å². The van der Waals surface area contributed by atoms with E-state index < -0.39 is 0 Å². The molecule has 6 nitrogen and oxygen atoms in total. The third-order valence-electron chi connectivity index (χ3n) is 6.74. The average Bonchev–Trinajstić information content (AvgIpc) is 3.05. The zero-order valence-electron chi connectivity index (χ0n) is 18.9. The molecule has 0 spiro atoms. The number of piperazine rings is 1. The van der Waals surface area contributed by atoms with Crippen LogP contribution in [0.15, 0.2) is 4.79 Å². The van der Waals surface area contributed by atoms with Gasteiger partial charge in [0.15, 0.2) is 0 Å². The summed E-state index contributed by atoms with van der Waals surface area (Å²) < 4.78 is 0. The van der Waals surface area contributed by atoms with Crippen molar-refractivity contribution in [2.24, 2.45) is 17.3 Å². The van der Waals surface area contributed by atoms with Gasteiger partial charge in [-0.3, -0.25) is 14.5 Å². The number of nitrogens with one attached hydrogen (secondary N) is 1. The Morgan fingerprint density at radius 1 is 1.23 bits per heavy atom. The molecule has 1 saturated heterocycles. The van der Waals surface area contributed by atoms with E-state index in [1.807, 2.05) is 18.7 Å². The molecule has 1 amide bonds. The van der Waals surface area contributed by atoms with Crippen molar-refractivity contribution in [3.8, 4) is 0 Å². The molecule has 2 aromatic rings. The van der Waals surface area contributed by atoms with Crippen molar-refractivity contribution in [3.05, 3.63) is 26.6 Å². The van der Waals surface area contributed by atoms with Gasteiger partial charge in [-0.25, -0.2) is 4.98 Å². The first-order valence-corrected chi connectivity index (χ1v) is 12.0. The van der Waals surface area contributed by atoms with Crippen molar-refractivity contribution in [2.75, 3.05) is 26.2 Å². The van der Waals surface area contributed by atoms with Crippen molar-refractivity contribution < 1.29 is 4.79 Å². The van der Waals surface area contributed by atoms with Crippen LogP contribution >= 0.6 is 11.3 Å². The highest BCUT2D eigenvalue weighted by atomic mass is 32.1. The first-order chi connectivity index (χ1) is 14.1. The molecule has 164 valence electrons. The van der Waals surface area contributed by atoms with E-state index in [1.165, 1.54) is 10.4 Å². The third kappa shape index (κ3) is 4.19. The molecule has 0 bridgehead atoms. The Labute approximate surface area is 182 Å². The maximum Gasteiger partial charge on any atom is 0.259 e. The molecule has 4 rings (SSSR count). The van der Waals surface area contributed by atoms with Crippen molar-refractivity contribution in [1.82, 2.24) is 19.8 Å². The molecule has 1 atom stereocenters. The average molecular weight is 431 g/mol. The van der Waals surface area contributed by atoms with Gasteiger partial charge in [0.1, 0.15) is 10.7 Å². The van der Waals surface area contributed by atoms with E-state index in [1.54, 1.807) is 11.3 Å². The second kappa shape index (κ2) is 8.08. The van der Waals surface area contributed by atoms with E-state index in [0.29, 0.717) is 12.5 Å².